The van der Waals surface area contributed by atoms with E-state index in [0.29, 0.717) is 12.0 Å². The van der Waals surface area contributed by atoms with Crippen LogP contribution in [0.15, 0.2) is 54.6 Å². The van der Waals surface area contributed by atoms with Crippen LogP contribution in [0, 0.1) is 5.82 Å². The highest BCUT2D eigenvalue weighted by Crippen LogP contribution is 2.23. The summed E-state index contributed by atoms with van der Waals surface area (Å²) in [5.74, 6) is -0.492. The van der Waals surface area contributed by atoms with Crippen molar-refractivity contribution in [3.05, 3.63) is 71.5 Å². The number of nitrogens with one attached hydrogen (secondary N) is 2. The summed E-state index contributed by atoms with van der Waals surface area (Å²) in [7, 11) is 0. The van der Waals surface area contributed by atoms with Gasteiger partial charge in [-0.15, -0.1) is 0 Å². The van der Waals surface area contributed by atoms with Gasteiger partial charge in [0.2, 0.25) is 0 Å². The van der Waals surface area contributed by atoms with Crippen LogP contribution in [0.25, 0.3) is 0 Å². The second-order valence-electron chi connectivity index (χ2n) is 5.23. The van der Waals surface area contributed by atoms with E-state index in [4.69, 9.17) is 0 Å². The fourth-order valence-electron chi connectivity index (χ4n) is 2.44. The summed E-state index contributed by atoms with van der Waals surface area (Å²) >= 11 is 0. The van der Waals surface area contributed by atoms with E-state index in [1.807, 2.05) is 30.3 Å². The van der Waals surface area contributed by atoms with Crippen molar-refractivity contribution in [2.24, 2.45) is 0 Å². The monoisotopic (exact) mass is 318 g/mol. The van der Waals surface area contributed by atoms with E-state index in [2.05, 4.69) is 10.6 Å². The largest absolute Gasteiger partial charge is 0.338 e. The van der Waals surface area contributed by atoms with Crippen LogP contribution in [-0.4, -0.2) is 25.8 Å². The minimum absolute atomic E-state index is 0.0329. The molecule has 23 heavy (non-hydrogen) atoms. The molecule has 2 rings (SSSR count). The molecule has 3 nitrogen and oxygen atoms in total. The van der Waals surface area contributed by atoms with Crippen molar-refractivity contribution >= 4 is 6.03 Å². The lowest BCUT2D eigenvalue weighted by Gasteiger charge is -2.19. The molecule has 1 atom stereocenters. The van der Waals surface area contributed by atoms with Crippen LogP contribution in [0.5, 0.6) is 0 Å². The van der Waals surface area contributed by atoms with Gasteiger partial charge in [-0.1, -0.05) is 48.5 Å². The van der Waals surface area contributed by atoms with Gasteiger partial charge in [0, 0.05) is 19.0 Å². The number of urea groups is 1. The highest BCUT2D eigenvalue weighted by atomic mass is 19.1. The molecular formula is C18H20F2N2O. The number of carbonyl (C=O) groups excluding carboxylic acids is 1. The molecule has 1 unspecified atom stereocenters. The summed E-state index contributed by atoms with van der Waals surface area (Å²) in [6, 6.07) is 15.8. The molecule has 2 N–H and O–H groups in total. The van der Waals surface area contributed by atoms with Crippen molar-refractivity contribution in [3.8, 4) is 0 Å². The molecule has 0 aromatic heterocycles. The third kappa shape index (κ3) is 5.36. The maximum absolute atomic E-state index is 14.1. The lowest BCUT2D eigenvalue weighted by Crippen LogP contribution is -2.39. The quantitative estimate of drug-likeness (QED) is 0.807. The SMILES string of the molecule is O=C(NCCF)NCC(Cc1ccccc1)c1ccccc1F. The second kappa shape index (κ2) is 8.88. The molecule has 0 aliphatic carbocycles. The number of hydrogen-bond donors (Lipinski definition) is 2. The number of benzene rings is 2. The highest BCUT2D eigenvalue weighted by molar-refractivity contribution is 5.73. The molecule has 0 bridgehead atoms. The zero-order valence-corrected chi connectivity index (χ0v) is 12.8. The van der Waals surface area contributed by atoms with Gasteiger partial charge >= 0.3 is 6.03 Å². The summed E-state index contributed by atoms with van der Waals surface area (Å²) in [5.41, 5.74) is 1.62. The van der Waals surface area contributed by atoms with Crippen LogP contribution in [-0.2, 0) is 6.42 Å². The summed E-state index contributed by atoms with van der Waals surface area (Å²) in [5, 5.41) is 5.08. The Hall–Kier alpha value is -2.43. The number of carbonyl (C=O) groups is 1. The van der Waals surface area contributed by atoms with Crippen molar-refractivity contribution < 1.29 is 13.6 Å². The molecule has 0 saturated carbocycles. The fraction of sp³-hybridized carbons (Fsp3) is 0.278. The molecular weight excluding hydrogens is 298 g/mol. The van der Waals surface area contributed by atoms with Crippen molar-refractivity contribution in [1.29, 1.82) is 0 Å². The first-order valence-electron chi connectivity index (χ1n) is 7.56. The number of alkyl halides is 1. The summed E-state index contributed by atoms with van der Waals surface area (Å²) in [4.78, 5) is 11.6. The number of halogens is 2. The first-order chi connectivity index (χ1) is 11.2. The Kier molecular flexibility index (Phi) is 6.54. The summed E-state index contributed by atoms with van der Waals surface area (Å²) in [6.45, 7) is -0.378. The first-order valence-corrected chi connectivity index (χ1v) is 7.56. The molecule has 2 amide bonds. The van der Waals surface area contributed by atoms with E-state index < -0.39 is 12.7 Å². The minimum atomic E-state index is -0.617. The Labute approximate surface area is 134 Å². The topological polar surface area (TPSA) is 41.1 Å². The molecule has 0 aliphatic rings. The van der Waals surface area contributed by atoms with Gasteiger partial charge in [-0.3, -0.25) is 0 Å². The predicted octanol–water partition coefficient (Wildman–Crippen LogP) is 3.42. The van der Waals surface area contributed by atoms with Crippen molar-refractivity contribution in [1.82, 2.24) is 10.6 Å². The Bertz CT molecular complexity index is 619. The van der Waals surface area contributed by atoms with Gasteiger partial charge in [0.1, 0.15) is 12.5 Å². The molecule has 2 aromatic rings. The second-order valence-corrected chi connectivity index (χ2v) is 5.23. The summed E-state index contributed by atoms with van der Waals surface area (Å²) in [6.07, 6.45) is 0.602. The van der Waals surface area contributed by atoms with Gasteiger partial charge in [0.05, 0.1) is 0 Å². The van der Waals surface area contributed by atoms with Crippen molar-refractivity contribution in [3.63, 3.8) is 0 Å². The number of amides is 2. The lowest BCUT2D eigenvalue weighted by atomic mass is 9.91. The number of hydrogen-bond acceptors (Lipinski definition) is 1. The molecule has 0 aliphatic heterocycles. The van der Waals surface area contributed by atoms with Crippen LogP contribution < -0.4 is 10.6 Å². The van der Waals surface area contributed by atoms with E-state index >= 15 is 0 Å². The Morgan fingerprint density at radius 3 is 2.39 bits per heavy atom. The predicted molar refractivity (Wildman–Crippen MR) is 86.7 cm³/mol. The lowest BCUT2D eigenvalue weighted by molar-refractivity contribution is 0.239. The fourth-order valence-corrected chi connectivity index (χ4v) is 2.44. The van der Waals surface area contributed by atoms with E-state index in [9.17, 15) is 13.6 Å². The molecule has 0 fully saturated rings. The van der Waals surface area contributed by atoms with E-state index in [1.54, 1.807) is 18.2 Å². The van der Waals surface area contributed by atoms with Gasteiger partial charge in [-0.2, -0.15) is 0 Å². The van der Waals surface area contributed by atoms with Gasteiger partial charge < -0.3 is 10.6 Å². The van der Waals surface area contributed by atoms with Crippen molar-refractivity contribution in [2.45, 2.75) is 12.3 Å². The number of rotatable bonds is 7. The van der Waals surface area contributed by atoms with Crippen LogP contribution >= 0.6 is 0 Å². The van der Waals surface area contributed by atoms with Crippen LogP contribution in [0.2, 0.25) is 0 Å². The maximum Gasteiger partial charge on any atom is 0.314 e. The van der Waals surface area contributed by atoms with E-state index in [-0.39, 0.29) is 24.8 Å². The highest BCUT2D eigenvalue weighted by Gasteiger charge is 2.17. The van der Waals surface area contributed by atoms with E-state index in [1.165, 1.54) is 6.07 Å². The van der Waals surface area contributed by atoms with Gasteiger partial charge in [0.25, 0.3) is 0 Å². The zero-order valence-electron chi connectivity index (χ0n) is 12.8. The molecule has 5 heteroatoms. The molecule has 0 spiro atoms. The Balaban J connectivity index is 2.08. The van der Waals surface area contributed by atoms with Crippen molar-refractivity contribution in [2.75, 3.05) is 19.8 Å². The average molecular weight is 318 g/mol. The molecule has 0 saturated heterocycles. The van der Waals surface area contributed by atoms with Gasteiger partial charge in [-0.05, 0) is 23.6 Å². The van der Waals surface area contributed by atoms with E-state index in [0.717, 1.165) is 5.56 Å². The average Bonchev–Trinajstić information content (AvgIpc) is 2.58. The Morgan fingerprint density at radius 1 is 1.00 bits per heavy atom. The normalized spacial score (nSPS) is 11.7. The first kappa shape index (κ1) is 16.9. The summed E-state index contributed by atoms with van der Waals surface area (Å²) < 4.78 is 26.2. The molecule has 0 radical (unpaired) electrons. The van der Waals surface area contributed by atoms with Crippen LogP contribution in [0.4, 0.5) is 13.6 Å². The molecule has 2 aromatic carbocycles. The van der Waals surface area contributed by atoms with Crippen LogP contribution in [0.3, 0.4) is 0 Å². The standard InChI is InChI=1S/C18H20F2N2O/c19-10-11-21-18(23)22-13-15(12-14-6-2-1-3-7-14)16-8-4-5-9-17(16)20/h1-9,15H,10-13H2,(H2,21,22,23). The third-order valence-electron chi connectivity index (χ3n) is 3.56. The van der Waals surface area contributed by atoms with Gasteiger partial charge in [-0.25, -0.2) is 13.6 Å². The smallest absolute Gasteiger partial charge is 0.314 e. The minimum Gasteiger partial charge on any atom is -0.338 e. The molecule has 122 valence electrons. The van der Waals surface area contributed by atoms with Crippen LogP contribution in [0.1, 0.15) is 17.0 Å². The zero-order chi connectivity index (χ0) is 16.5. The Morgan fingerprint density at radius 2 is 1.70 bits per heavy atom. The molecule has 0 heterocycles. The maximum atomic E-state index is 14.1. The third-order valence-corrected chi connectivity index (χ3v) is 3.56. The van der Waals surface area contributed by atoms with Gasteiger partial charge in [0.15, 0.2) is 0 Å².